The summed E-state index contributed by atoms with van der Waals surface area (Å²) >= 11 is 0. The van der Waals surface area contributed by atoms with E-state index in [0.717, 1.165) is 12.3 Å². The molecular formula is C15H22N4O. The number of nitrogens with zero attached hydrogens (tertiary/aromatic N) is 3. The van der Waals surface area contributed by atoms with Gasteiger partial charge in [0.25, 0.3) is 0 Å². The summed E-state index contributed by atoms with van der Waals surface area (Å²) in [7, 11) is 2.11. The first-order valence-electron chi connectivity index (χ1n) is 7.15. The molecule has 1 aliphatic rings. The minimum atomic E-state index is 0.187. The summed E-state index contributed by atoms with van der Waals surface area (Å²) in [6, 6.07) is 2.84. The number of nitrogens with two attached hydrogens (primary N) is 1. The van der Waals surface area contributed by atoms with Gasteiger partial charge in [-0.2, -0.15) is 0 Å². The molecule has 20 heavy (non-hydrogen) atoms. The zero-order chi connectivity index (χ0) is 14.1. The van der Waals surface area contributed by atoms with Crippen molar-refractivity contribution in [2.45, 2.75) is 38.4 Å². The highest BCUT2D eigenvalue weighted by Gasteiger charge is 2.29. The molecule has 0 bridgehead atoms. The second kappa shape index (κ2) is 5.42. The lowest BCUT2D eigenvalue weighted by Crippen LogP contribution is -2.31. The van der Waals surface area contributed by atoms with Gasteiger partial charge in [-0.25, -0.2) is 4.98 Å². The van der Waals surface area contributed by atoms with Crippen molar-refractivity contribution in [3.8, 4) is 0 Å². The summed E-state index contributed by atoms with van der Waals surface area (Å²) in [5.74, 6) is 0.975. The lowest BCUT2D eigenvalue weighted by Gasteiger charge is -2.27. The van der Waals surface area contributed by atoms with Crippen molar-refractivity contribution < 1.29 is 4.42 Å². The second-order valence-electron chi connectivity index (χ2n) is 5.63. The lowest BCUT2D eigenvalue weighted by molar-refractivity contribution is 0.231. The van der Waals surface area contributed by atoms with E-state index >= 15 is 0 Å². The third kappa shape index (κ3) is 2.51. The van der Waals surface area contributed by atoms with Crippen LogP contribution in [0.15, 0.2) is 29.3 Å². The normalized spacial score (nSPS) is 16.8. The molecule has 2 heterocycles. The third-order valence-electron chi connectivity index (χ3n) is 4.12. The molecular weight excluding hydrogens is 252 g/mol. The van der Waals surface area contributed by atoms with Gasteiger partial charge in [-0.1, -0.05) is 0 Å². The average molecular weight is 274 g/mol. The van der Waals surface area contributed by atoms with Crippen LogP contribution >= 0.6 is 0 Å². The van der Waals surface area contributed by atoms with Crippen LogP contribution in [0.3, 0.4) is 0 Å². The molecule has 3 rings (SSSR count). The summed E-state index contributed by atoms with van der Waals surface area (Å²) < 4.78 is 7.65. The van der Waals surface area contributed by atoms with Gasteiger partial charge in [-0.05, 0) is 32.9 Å². The summed E-state index contributed by atoms with van der Waals surface area (Å²) in [6.45, 7) is 3.42. The monoisotopic (exact) mass is 274 g/mol. The van der Waals surface area contributed by atoms with E-state index in [2.05, 4.69) is 21.5 Å². The van der Waals surface area contributed by atoms with Crippen molar-refractivity contribution in [3.63, 3.8) is 0 Å². The number of furan rings is 1. The molecule has 0 spiro atoms. The van der Waals surface area contributed by atoms with E-state index in [4.69, 9.17) is 10.2 Å². The van der Waals surface area contributed by atoms with Gasteiger partial charge in [0.2, 0.25) is 0 Å². The first-order valence-corrected chi connectivity index (χ1v) is 7.15. The Morgan fingerprint density at radius 1 is 1.55 bits per heavy atom. The highest BCUT2D eigenvalue weighted by atomic mass is 16.3. The smallest absolute Gasteiger partial charge is 0.105 e. The Labute approximate surface area is 119 Å². The predicted octanol–water partition coefficient (Wildman–Crippen LogP) is 2.25. The maximum absolute atomic E-state index is 6.02. The van der Waals surface area contributed by atoms with Crippen molar-refractivity contribution >= 4 is 0 Å². The molecule has 1 unspecified atom stereocenters. The molecule has 5 nitrogen and oxygen atoms in total. The number of aryl methyl sites for hydroxylation is 1. The van der Waals surface area contributed by atoms with E-state index in [-0.39, 0.29) is 6.04 Å². The average Bonchev–Trinajstić information content (AvgIpc) is 3.04. The highest BCUT2D eigenvalue weighted by molar-refractivity contribution is 5.16. The maximum atomic E-state index is 6.02. The molecule has 0 saturated heterocycles. The van der Waals surface area contributed by atoms with E-state index < -0.39 is 0 Å². The Balaban J connectivity index is 1.78. The van der Waals surface area contributed by atoms with Crippen LogP contribution in [-0.2, 0) is 6.54 Å². The van der Waals surface area contributed by atoms with Crippen LogP contribution in [0.4, 0.5) is 0 Å². The number of rotatable bonds is 6. The Morgan fingerprint density at radius 2 is 2.35 bits per heavy atom. The molecule has 2 aromatic heterocycles. The zero-order valence-corrected chi connectivity index (χ0v) is 12.1. The molecule has 0 aromatic carbocycles. The van der Waals surface area contributed by atoms with Gasteiger partial charge in [0.1, 0.15) is 5.76 Å². The molecule has 2 aromatic rings. The van der Waals surface area contributed by atoms with Crippen molar-refractivity contribution in [2.24, 2.45) is 5.73 Å². The summed E-state index contributed by atoms with van der Waals surface area (Å²) in [5.41, 5.74) is 8.45. The maximum Gasteiger partial charge on any atom is 0.105 e. The van der Waals surface area contributed by atoms with Gasteiger partial charge in [-0.3, -0.25) is 4.90 Å². The van der Waals surface area contributed by atoms with E-state index in [1.165, 1.54) is 24.1 Å². The van der Waals surface area contributed by atoms with Crippen molar-refractivity contribution in [3.05, 3.63) is 41.9 Å². The molecule has 5 heteroatoms. The zero-order valence-electron chi connectivity index (χ0n) is 12.1. The fourth-order valence-electron chi connectivity index (χ4n) is 2.71. The number of aromatic nitrogens is 2. The molecule has 1 fully saturated rings. The van der Waals surface area contributed by atoms with Gasteiger partial charge in [0, 0.05) is 30.9 Å². The highest BCUT2D eigenvalue weighted by Crippen LogP contribution is 2.37. The van der Waals surface area contributed by atoms with Crippen LogP contribution in [0, 0.1) is 6.92 Å². The molecule has 1 saturated carbocycles. The summed E-state index contributed by atoms with van der Waals surface area (Å²) in [4.78, 5) is 6.58. The molecule has 1 aliphatic carbocycles. The van der Waals surface area contributed by atoms with Crippen molar-refractivity contribution in [1.82, 2.24) is 14.5 Å². The fourth-order valence-corrected chi connectivity index (χ4v) is 2.71. The van der Waals surface area contributed by atoms with Gasteiger partial charge in [0.05, 0.1) is 24.3 Å². The van der Waals surface area contributed by atoms with Crippen LogP contribution in [0.2, 0.25) is 0 Å². The van der Waals surface area contributed by atoms with E-state index in [9.17, 15) is 0 Å². The van der Waals surface area contributed by atoms with E-state index in [1.54, 1.807) is 6.26 Å². The van der Waals surface area contributed by atoms with Crippen LogP contribution in [0.5, 0.6) is 0 Å². The van der Waals surface area contributed by atoms with Crippen LogP contribution < -0.4 is 5.73 Å². The third-order valence-corrected chi connectivity index (χ3v) is 4.12. The quantitative estimate of drug-likeness (QED) is 0.877. The fraction of sp³-hybridized carbons (Fsp3) is 0.533. The molecule has 2 N–H and O–H groups in total. The molecule has 0 radical (unpaired) electrons. The molecule has 0 aliphatic heterocycles. The van der Waals surface area contributed by atoms with Gasteiger partial charge in [0.15, 0.2) is 0 Å². The minimum Gasteiger partial charge on any atom is -0.469 e. The largest absolute Gasteiger partial charge is 0.469 e. The number of imidazole rings is 1. The summed E-state index contributed by atoms with van der Waals surface area (Å²) in [6.07, 6.45) is 8.14. The summed E-state index contributed by atoms with van der Waals surface area (Å²) in [5, 5.41) is 0. The molecule has 1 atom stereocenters. The van der Waals surface area contributed by atoms with Gasteiger partial charge < -0.3 is 14.7 Å². The van der Waals surface area contributed by atoms with Crippen LogP contribution in [0.25, 0.3) is 0 Å². The number of likely N-dealkylation sites (N-methyl/N-ethyl adjacent to an activating group) is 1. The minimum absolute atomic E-state index is 0.187. The van der Waals surface area contributed by atoms with Gasteiger partial charge >= 0.3 is 0 Å². The topological polar surface area (TPSA) is 60.2 Å². The first kappa shape index (κ1) is 13.4. The first-order chi connectivity index (χ1) is 9.70. The van der Waals surface area contributed by atoms with Crippen LogP contribution in [0.1, 0.15) is 41.9 Å². The standard InChI is InChI=1S/C15H22N4O/c1-11-12(5-6-20-11)9-18(2)14(7-16)15-8-17-10-19(15)13-3-4-13/h5-6,8,10,13-14H,3-4,7,9,16H2,1-2H3. The predicted molar refractivity (Wildman–Crippen MR) is 77.2 cm³/mol. The van der Waals surface area contributed by atoms with Crippen molar-refractivity contribution in [2.75, 3.05) is 13.6 Å². The van der Waals surface area contributed by atoms with Crippen molar-refractivity contribution in [1.29, 1.82) is 0 Å². The Hall–Kier alpha value is -1.59. The SMILES string of the molecule is Cc1occc1CN(C)C(CN)c1cncn1C1CC1. The van der Waals surface area contributed by atoms with Crippen LogP contribution in [-0.4, -0.2) is 28.0 Å². The second-order valence-corrected chi connectivity index (χ2v) is 5.63. The Kier molecular flexibility index (Phi) is 3.63. The number of hydrogen-bond donors (Lipinski definition) is 1. The lowest BCUT2D eigenvalue weighted by atomic mass is 10.1. The molecule has 108 valence electrons. The molecule has 0 amide bonds. The van der Waals surface area contributed by atoms with E-state index in [1.807, 2.05) is 25.5 Å². The van der Waals surface area contributed by atoms with E-state index in [0.29, 0.717) is 12.6 Å². The Morgan fingerprint density at radius 3 is 2.95 bits per heavy atom. The Bertz CT molecular complexity index is 570. The number of hydrogen-bond acceptors (Lipinski definition) is 4. The van der Waals surface area contributed by atoms with Gasteiger partial charge in [-0.15, -0.1) is 0 Å².